The maximum absolute atomic E-state index is 8.87. The lowest BCUT2D eigenvalue weighted by molar-refractivity contribution is 0.258. The largest absolute Gasteiger partial charge is 0.396 e. The van der Waals surface area contributed by atoms with Crippen molar-refractivity contribution in [1.29, 1.82) is 5.26 Å². The number of anilines is 1. The topological polar surface area (TPSA) is 56.0 Å². The van der Waals surface area contributed by atoms with Gasteiger partial charge in [-0.1, -0.05) is 13.3 Å². The van der Waals surface area contributed by atoms with E-state index in [0.717, 1.165) is 25.1 Å². The minimum Gasteiger partial charge on any atom is -0.396 e. The first-order valence-electron chi connectivity index (χ1n) is 5.65. The Morgan fingerprint density at radius 3 is 2.56 bits per heavy atom. The number of nitriles is 1. The van der Waals surface area contributed by atoms with Crippen LogP contribution in [0.15, 0.2) is 24.3 Å². The predicted molar refractivity (Wildman–Crippen MR) is 65.1 cm³/mol. The Bertz CT molecular complexity index is 340. The summed E-state index contributed by atoms with van der Waals surface area (Å²) in [5.41, 5.74) is 1.70. The third kappa shape index (κ3) is 3.92. The fourth-order valence-electron chi connectivity index (χ4n) is 1.56. The van der Waals surface area contributed by atoms with Crippen LogP contribution in [-0.4, -0.2) is 18.3 Å². The minimum atomic E-state index is 0.244. The van der Waals surface area contributed by atoms with Gasteiger partial charge in [-0.2, -0.15) is 5.26 Å². The molecule has 0 spiro atoms. The molecule has 3 nitrogen and oxygen atoms in total. The number of aliphatic hydroxyl groups excluding tert-OH is 1. The van der Waals surface area contributed by atoms with E-state index >= 15 is 0 Å². The van der Waals surface area contributed by atoms with Crippen LogP contribution in [0.1, 0.15) is 25.3 Å². The summed E-state index contributed by atoms with van der Waals surface area (Å²) in [5.74, 6) is 0.501. The van der Waals surface area contributed by atoms with Crippen LogP contribution >= 0.6 is 0 Å². The average molecular weight is 218 g/mol. The van der Waals surface area contributed by atoms with Gasteiger partial charge in [-0.05, 0) is 36.6 Å². The number of nitrogens with zero attached hydrogens (tertiary/aromatic N) is 1. The summed E-state index contributed by atoms with van der Waals surface area (Å²) in [7, 11) is 0. The van der Waals surface area contributed by atoms with Gasteiger partial charge in [0.25, 0.3) is 0 Å². The number of hydrogen-bond acceptors (Lipinski definition) is 3. The first-order valence-corrected chi connectivity index (χ1v) is 5.65. The van der Waals surface area contributed by atoms with Gasteiger partial charge in [0.05, 0.1) is 11.6 Å². The second kappa shape index (κ2) is 6.86. The van der Waals surface area contributed by atoms with Crippen LogP contribution < -0.4 is 5.32 Å². The number of rotatable bonds is 6. The van der Waals surface area contributed by atoms with Crippen LogP contribution in [0.2, 0.25) is 0 Å². The molecular weight excluding hydrogens is 200 g/mol. The van der Waals surface area contributed by atoms with E-state index in [0.29, 0.717) is 11.5 Å². The molecule has 0 radical (unpaired) electrons. The standard InChI is InChI=1S/C13H18N2O/c1-2-11(7-8-16)10-15-13-5-3-12(9-14)4-6-13/h3-6,11,15-16H,2,7-8,10H2,1H3. The lowest BCUT2D eigenvalue weighted by atomic mass is 10.0. The smallest absolute Gasteiger partial charge is 0.0991 e. The molecule has 0 aliphatic heterocycles. The summed E-state index contributed by atoms with van der Waals surface area (Å²) in [6.45, 7) is 3.23. The molecule has 0 aromatic heterocycles. The van der Waals surface area contributed by atoms with Crippen LogP contribution in [0.25, 0.3) is 0 Å². The van der Waals surface area contributed by atoms with E-state index in [9.17, 15) is 0 Å². The molecule has 0 heterocycles. The molecule has 0 bridgehead atoms. The van der Waals surface area contributed by atoms with Gasteiger partial charge in [0.15, 0.2) is 0 Å². The third-order valence-electron chi connectivity index (χ3n) is 2.72. The molecule has 0 saturated heterocycles. The van der Waals surface area contributed by atoms with E-state index in [4.69, 9.17) is 10.4 Å². The zero-order valence-corrected chi connectivity index (χ0v) is 9.61. The Kier molecular flexibility index (Phi) is 5.38. The summed E-state index contributed by atoms with van der Waals surface area (Å²) in [6.07, 6.45) is 1.89. The number of nitrogens with one attached hydrogen (secondary N) is 1. The third-order valence-corrected chi connectivity index (χ3v) is 2.72. The molecule has 1 aromatic rings. The quantitative estimate of drug-likeness (QED) is 0.770. The maximum atomic E-state index is 8.87. The van der Waals surface area contributed by atoms with Crippen molar-refractivity contribution in [2.24, 2.45) is 5.92 Å². The zero-order valence-electron chi connectivity index (χ0n) is 9.61. The van der Waals surface area contributed by atoms with Crippen molar-refractivity contribution in [3.05, 3.63) is 29.8 Å². The SMILES string of the molecule is CCC(CCO)CNc1ccc(C#N)cc1. The highest BCUT2D eigenvalue weighted by molar-refractivity contribution is 5.47. The molecule has 2 N–H and O–H groups in total. The zero-order chi connectivity index (χ0) is 11.8. The fraction of sp³-hybridized carbons (Fsp3) is 0.462. The summed E-state index contributed by atoms with van der Waals surface area (Å²) < 4.78 is 0. The van der Waals surface area contributed by atoms with Crippen LogP contribution in [0.4, 0.5) is 5.69 Å². The van der Waals surface area contributed by atoms with Crippen molar-refractivity contribution < 1.29 is 5.11 Å². The van der Waals surface area contributed by atoms with E-state index in [1.165, 1.54) is 0 Å². The van der Waals surface area contributed by atoms with Gasteiger partial charge in [0.2, 0.25) is 0 Å². The molecule has 1 aromatic carbocycles. The molecule has 86 valence electrons. The Morgan fingerprint density at radius 1 is 1.38 bits per heavy atom. The number of benzene rings is 1. The van der Waals surface area contributed by atoms with Gasteiger partial charge in [0.1, 0.15) is 0 Å². The van der Waals surface area contributed by atoms with E-state index in [2.05, 4.69) is 18.3 Å². The summed E-state index contributed by atoms with van der Waals surface area (Å²) in [5, 5.41) is 20.8. The normalized spacial score (nSPS) is 11.8. The lowest BCUT2D eigenvalue weighted by Gasteiger charge is -2.15. The maximum Gasteiger partial charge on any atom is 0.0991 e. The van der Waals surface area contributed by atoms with Crippen LogP contribution in [0.5, 0.6) is 0 Å². The van der Waals surface area contributed by atoms with Crippen LogP contribution in [0.3, 0.4) is 0 Å². The van der Waals surface area contributed by atoms with Gasteiger partial charge in [0, 0.05) is 18.8 Å². The molecule has 16 heavy (non-hydrogen) atoms. The van der Waals surface area contributed by atoms with Gasteiger partial charge in [-0.15, -0.1) is 0 Å². The predicted octanol–water partition coefficient (Wildman–Crippen LogP) is 2.38. The van der Waals surface area contributed by atoms with Crippen LogP contribution in [-0.2, 0) is 0 Å². The Balaban J connectivity index is 2.44. The van der Waals surface area contributed by atoms with Crippen molar-refractivity contribution in [2.75, 3.05) is 18.5 Å². The fourth-order valence-corrected chi connectivity index (χ4v) is 1.56. The van der Waals surface area contributed by atoms with Crippen molar-refractivity contribution in [3.8, 4) is 6.07 Å². The molecule has 1 unspecified atom stereocenters. The summed E-state index contributed by atoms with van der Waals surface area (Å²) in [4.78, 5) is 0. The average Bonchev–Trinajstić information content (AvgIpc) is 2.35. The highest BCUT2D eigenvalue weighted by atomic mass is 16.3. The van der Waals surface area contributed by atoms with Gasteiger partial charge in [-0.3, -0.25) is 0 Å². The summed E-state index contributed by atoms with van der Waals surface area (Å²) >= 11 is 0. The molecule has 0 aliphatic carbocycles. The summed E-state index contributed by atoms with van der Waals surface area (Å²) in [6, 6.07) is 9.51. The van der Waals surface area contributed by atoms with Crippen LogP contribution in [0, 0.1) is 17.2 Å². The number of hydrogen-bond donors (Lipinski definition) is 2. The van der Waals surface area contributed by atoms with Gasteiger partial charge < -0.3 is 10.4 Å². The van der Waals surface area contributed by atoms with E-state index < -0.39 is 0 Å². The van der Waals surface area contributed by atoms with Crippen molar-refractivity contribution in [3.63, 3.8) is 0 Å². The second-order valence-electron chi connectivity index (χ2n) is 3.86. The first-order chi connectivity index (χ1) is 7.80. The number of aliphatic hydroxyl groups is 1. The van der Waals surface area contributed by atoms with E-state index in [1.807, 2.05) is 12.1 Å². The van der Waals surface area contributed by atoms with Gasteiger partial charge >= 0.3 is 0 Å². The molecule has 0 aliphatic rings. The second-order valence-corrected chi connectivity index (χ2v) is 3.86. The minimum absolute atomic E-state index is 0.244. The monoisotopic (exact) mass is 218 g/mol. The lowest BCUT2D eigenvalue weighted by Crippen LogP contribution is -2.14. The molecule has 3 heteroatoms. The Labute approximate surface area is 96.7 Å². The molecule has 1 atom stereocenters. The highest BCUT2D eigenvalue weighted by Gasteiger charge is 2.04. The van der Waals surface area contributed by atoms with E-state index in [1.54, 1.807) is 12.1 Å². The first kappa shape index (κ1) is 12.5. The van der Waals surface area contributed by atoms with Gasteiger partial charge in [-0.25, -0.2) is 0 Å². The highest BCUT2D eigenvalue weighted by Crippen LogP contribution is 2.12. The van der Waals surface area contributed by atoms with Crippen molar-refractivity contribution >= 4 is 5.69 Å². The molecule has 0 amide bonds. The molecular formula is C13H18N2O. The van der Waals surface area contributed by atoms with Crippen molar-refractivity contribution in [1.82, 2.24) is 0 Å². The van der Waals surface area contributed by atoms with Crippen molar-refractivity contribution in [2.45, 2.75) is 19.8 Å². The molecule has 0 saturated carbocycles. The molecule has 0 fully saturated rings. The Morgan fingerprint density at radius 2 is 2.06 bits per heavy atom. The van der Waals surface area contributed by atoms with E-state index in [-0.39, 0.29) is 6.61 Å². The molecule has 1 rings (SSSR count). The Hall–Kier alpha value is -1.53.